The highest BCUT2D eigenvalue weighted by Gasteiger charge is 2.16. The van der Waals surface area contributed by atoms with Gasteiger partial charge >= 0.3 is 0 Å². The summed E-state index contributed by atoms with van der Waals surface area (Å²) in [5.41, 5.74) is 1.97. The number of aromatic nitrogens is 3. The highest BCUT2D eigenvalue weighted by Crippen LogP contribution is 2.18. The van der Waals surface area contributed by atoms with Gasteiger partial charge in [0.15, 0.2) is 0 Å². The van der Waals surface area contributed by atoms with Crippen molar-refractivity contribution in [2.45, 2.75) is 46.1 Å². The van der Waals surface area contributed by atoms with E-state index in [2.05, 4.69) is 29.4 Å². The number of carbonyl (C=O) groups excluding carboxylic acids is 1. The van der Waals surface area contributed by atoms with Crippen LogP contribution in [0.15, 0.2) is 36.9 Å². The van der Waals surface area contributed by atoms with Crippen LogP contribution in [0.3, 0.4) is 0 Å². The Balaban J connectivity index is 2.01. The maximum Gasteiger partial charge on any atom is 0.227 e. The van der Waals surface area contributed by atoms with Crippen LogP contribution in [0.1, 0.15) is 45.1 Å². The van der Waals surface area contributed by atoms with Crippen LogP contribution in [0.2, 0.25) is 0 Å². The molecule has 0 saturated carbocycles. The van der Waals surface area contributed by atoms with Crippen LogP contribution in [0.4, 0.5) is 5.69 Å². The van der Waals surface area contributed by atoms with E-state index in [0.29, 0.717) is 6.54 Å². The van der Waals surface area contributed by atoms with Crippen molar-refractivity contribution in [3.05, 3.63) is 42.5 Å². The molecule has 0 bridgehead atoms. The molecular weight excluding hydrogens is 276 g/mol. The molecule has 1 amide bonds. The number of nitrogens with zero attached hydrogens (tertiary/aromatic N) is 3. The average molecular weight is 300 g/mol. The number of nitrogens with one attached hydrogen (secondary N) is 1. The summed E-state index contributed by atoms with van der Waals surface area (Å²) in [6, 6.07) is 7.94. The van der Waals surface area contributed by atoms with Crippen molar-refractivity contribution in [2.75, 3.05) is 5.32 Å². The Morgan fingerprint density at radius 1 is 1.18 bits per heavy atom. The Labute approximate surface area is 131 Å². The van der Waals surface area contributed by atoms with E-state index in [9.17, 15) is 4.79 Å². The Hall–Kier alpha value is -2.17. The smallest absolute Gasteiger partial charge is 0.227 e. The van der Waals surface area contributed by atoms with Crippen molar-refractivity contribution in [3.63, 3.8) is 0 Å². The molecule has 1 aromatic carbocycles. The van der Waals surface area contributed by atoms with E-state index in [1.165, 1.54) is 0 Å². The maximum atomic E-state index is 12.4. The van der Waals surface area contributed by atoms with Crippen molar-refractivity contribution in [1.29, 1.82) is 0 Å². The fourth-order valence-corrected chi connectivity index (χ4v) is 2.61. The van der Waals surface area contributed by atoms with Crippen LogP contribution in [-0.4, -0.2) is 20.7 Å². The molecule has 0 radical (unpaired) electrons. The van der Waals surface area contributed by atoms with E-state index in [0.717, 1.165) is 36.9 Å². The summed E-state index contributed by atoms with van der Waals surface area (Å²) in [6.45, 7) is 4.94. The molecule has 0 atom stereocenters. The van der Waals surface area contributed by atoms with E-state index in [1.54, 1.807) is 12.7 Å². The molecule has 1 N–H and O–H groups in total. The first kappa shape index (κ1) is 16.2. The Morgan fingerprint density at radius 3 is 2.50 bits per heavy atom. The van der Waals surface area contributed by atoms with Gasteiger partial charge in [0.2, 0.25) is 5.91 Å². The van der Waals surface area contributed by atoms with Gasteiger partial charge in [0.05, 0.1) is 6.54 Å². The van der Waals surface area contributed by atoms with Crippen molar-refractivity contribution in [3.8, 4) is 0 Å². The lowest BCUT2D eigenvalue weighted by molar-refractivity contribution is -0.120. The van der Waals surface area contributed by atoms with Gasteiger partial charge in [-0.1, -0.05) is 38.8 Å². The average Bonchev–Trinajstić information content (AvgIpc) is 3.00. The van der Waals surface area contributed by atoms with Crippen molar-refractivity contribution in [2.24, 2.45) is 5.92 Å². The second kappa shape index (κ2) is 8.32. The first-order valence-electron chi connectivity index (χ1n) is 7.95. The highest BCUT2D eigenvalue weighted by atomic mass is 16.1. The summed E-state index contributed by atoms with van der Waals surface area (Å²) in [5, 5.41) is 10.6. The Morgan fingerprint density at radius 2 is 1.86 bits per heavy atom. The molecule has 0 unspecified atom stereocenters. The molecule has 2 aromatic rings. The number of carbonyl (C=O) groups is 1. The molecule has 0 fully saturated rings. The van der Waals surface area contributed by atoms with Gasteiger partial charge in [0, 0.05) is 11.6 Å². The zero-order valence-corrected chi connectivity index (χ0v) is 13.3. The second-order valence-corrected chi connectivity index (χ2v) is 5.60. The summed E-state index contributed by atoms with van der Waals surface area (Å²) in [5.74, 6) is 0.238. The number of amides is 1. The summed E-state index contributed by atoms with van der Waals surface area (Å²) in [4.78, 5) is 12.4. The van der Waals surface area contributed by atoms with Gasteiger partial charge in [-0.05, 0) is 30.5 Å². The third-order valence-corrected chi connectivity index (χ3v) is 3.67. The number of hydrogen-bond acceptors (Lipinski definition) is 3. The lowest BCUT2D eigenvalue weighted by Gasteiger charge is -2.15. The van der Waals surface area contributed by atoms with Gasteiger partial charge in [-0.2, -0.15) is 0 Å². The summed E-state index contributed by atoms with van der Waals surface area (Å²) in [6.07, 6.45) is 7.32. The van der Waals surface area contributed by atoms with Gasteiger partial charge in [-0.25, -0.2) is 0 Å². The Bertz CT molecular complexity index is 574. The van der Waals surface area contributed by atoms with Crippen LogP contribution in [0, 0.1) is 5.92 Å². The molecule has 1 heterocycles. The third kappa shape index (κ3) is 4.69. The maximum absolute atomic E-state index is 12.4. The molecular formula is C17H24N4O. The van der Waals surface area contributed by atoms with Gasteiger partial charge in [-0.15, -0.1) is 10.2 Å². The number of anilines is 1. The minimum Gasteiger partial charge on any atom is -0.326 e. The largest absolute Gasteiger partial charge is 0.326 e. The minimum absolute atomic E-state index is 0.108. The molecule has 22 heavy (non-hydrogen) atoms. The number of hydrogen-bond donors (Lipinski definition) is 1. The van der Waals surface area contributed by atoms with Gasteiger partial charge in [-0.3, -0.25) is 4.79 Å². The molecule has 0 saturated heterocycles. The molecule has 5 nitrogen and oxygen atoms in total. The lowest BCUT2D eigenvalue weighted by Crippen LogP contribution is -2.22. The zero-order valence-electron chi connectivity index (χ0n) is 13.3. The number of benzene rings is 1. The Kier molecular flexibility index (Phi) is 6.13. The summed E-state index contributed by atoms with van der Waals surface area (Å²) < 4.78 is 1.90. The van der Waals surface area contributed by atoms with Crippen molar-refractivity contribution >= 4 is 11.6 Å². The molecule has 2 rings (SSSR count). The van der Waals surface area contributed by atoms with Crippen LogP contribution in [-0.2, 0) is 11.3 Å². The van der Waals surface area contributed by atoms with Crippen LogP contribution in [0.5, 0.6) is 0 Å². The molecule has 0 aliphatic heterocycles. The van der Waals surface area contributed by atoms with E-state index in [4.69, 9.17) is 0 Å². The van der Waals surface area contributed by atoms with Crippen LogP contribution in [0.25, 0.3) is 0 Å². The van der Waals surface area contributed by atoms with Crippen molar-refractivity contribution in [1.82, 2.24) is 14.8 Å². The fraction of sp³-hybridized carbons (Fsp3) is 0.471. The molecule has 0 aliphatic carbocycles. The molecule has 0 spiro atoms. The highest BCUT2D eigenvalue weighted by molar-refractivity contribution is 5.92. The van der Waals surface area contributed by atoms with E-state index < -0.39 is 0 Å². The van der Waals surface area contributed by atoms with E-state index in [1.807, 2.05) is 28.8 Å². The number of rotatable bonds is 8. The fourth-order valence-electron chi connectivity index (χ4n) is 2.61. The first-order valence-corrected chi connectivity index (χ1v) is 7.95. The molecule has 1 aromatic heterocycles. The summed E-state index contributed by atoms with van der Waals surface area (Å²) >= 11 is 0. The molecule has 0 aliphatic rings. The minimum atomic E-state index is 0.108. The zero-order chi connectivity index (χ0) is 15.8. The van der Waals surface area contributed by atoms with Crippen LogP contribution >= 0.6 is 0 Å². The lowest BCUT2D eigenvalue weighted by atomic mass is 9.97. The second-order valence-electron chi connectivity index (χ2n) is 5.60. The summed E-state index contributed by atoms with van der Waals surface area (Å²) in [7, 11) is 0. The van der Waals surface area contributed by atoms with Crippen LogP contribution < -0.4 is 5.32 Å². The molecule has 118 valence electrons. The molecule has 5 heteroatoms. The monoisotopic (exact) mass is 300 g/mol. The quantitative estimate of drug-likeness (QED) is 0.812. The normalized spacial score (nSPS) is 10.9. The third-order valence-electron chi connectivity index (χ3n) is 3.67. The van der Waals surface area contributed by atoms with Gasteiger partial charge in [0.25, 0.3) is 0 Å². The standard InChI is InChI=1S/C17H24N4O/c1-3-6-15(7-4-2)17(22)20-16-9-5-8-14(10-16)11-21-12-18-19-13-21/h5,8-10,12-13,15H,3-4,6-7,11H2,1-2H3,(H,20,22). The van der Waals surface area contributed by atoms with Crippen molar-refractivity contribution < 1.29 is 4.79 Å². The topological polar surface area (TPSA) is 59.8 Å². The predicted octanol–water partition coefficient (Wildman–Crippen LogP) is 3.48. The first-order chi connectivity index (χ1) is 10.7. The van der Waals surface area contributed by atoms with Gasteiger partial charge < -0.3 is 9.88 Å². The van der Waals surface area contributed by atoms with E-state index in [-0.39, 0.29) is 11.8 Å². The SMILES string of the molecule is CCCC(CCC)C(=O)Nc1cccc(Cn2cnnc2)c1. The predicted molar refractivity (Wildman–Crippen MR) is 87.5 cm³/mol. The van der Waals surface area contributed by atoms with Gasteiger partial charge in [0.1, 0.15) is 12.7 Å². The van der Waals surface area contributed by atoms with E-state index >= 15 is 0 Å².